The second-order valence-electron chi connectivity index (χ2n) is 5.58. The van der Waals surface area contributed by atoms with Crippen molar-refractivity contribution in [3.05, 3.63) is 35.4 Å². The summed E-state index contributed by atoms with van der Waals surface area (Å²) >= 11 is 6.04. The molecule has 7 nitrogen and oxygen atoms in total. The lowest BCUT2D eigenvalue weighted by molar-refractivity contribution is 0.208. The zero-order valence-electron chi connectivity index (χ0n) is 13.7. The maximum atomic E-state index is 12.4. The third kappa shape index (κ3) is 3.56. The summed E-state index contributed by atoms with van der Waals surface area (Å²) < 4.78 is 6.64. The van der Waals surface area contributed by atoms with Gasteiger partial charge in [-0.05, 0) is 18.2 Å². The fourth-order valence-corrected chi connectivity index (χ4v) is 2.87. The van der Waals surface area contributed by atoms with Crippen molar-refractivity contribution >= 4 is 29.1 Å². The van der Waals surface area contributed by atoms with Crippen molar-refractivity contribution in [1.82, 2.24) is 14.7 Å². The number of urea groups is 1. The normalized spacial score (nSPS) is 14.6. The molecule has 24 heavy (non-hydrogen) atoms. The van der Waals surface area contributed by atoms with Crippen LogP contribution in [0.15, 0.2) is 30.3 Å². The Balaban J connectivity index is 1.58. The van der Waals surface area contributed by atoms with Gasteiger partial charge in [0.2, 0.25) is 5.88 Å². The molecule has 2 aromatic rings. The van der Waals surface area contributed by atoms with Crippen molar-refractivity contribution in [1.29, 1.82) is 0 Å². The lowest BCUT2D eigenvalue weighted by Crippen LogP contribution is -2.50. The van der Waals surface area contributed by atoms with Gasteiger partial charge in [0.05, 0.1) is 7.11 Å². The summed E-state index contributed by atoms with van der Waals surface area (Å²) in [6.45, 7) is 2.83. The number of carbonyl (C=O) groups excluding carboxylic acids is 1. The van der Waals surface area contributed by atoms with Crippen molar-refractivity contribution < 1.29 is 9.53 Å². The zero-order chi connectivity index (χ0) is 17.1. The second-order valence-corrected chi connectivity index (χ2v) is 6.02. The van der Waals surface area contributed by atoms with E-state index in [9.17, 15) is 4.79 Å². The molecule has 0 saturated carbocycles. The third-order valence-electron chi connectivity index (χ3n) is 4.04. The minimum atomic E-state index is -0.133. The molecule has 0 spiro atoms. The largest absolute Gasteiger partial charge is 0.480 e. The van der Waals surface area contributed by atoms with Crippen molar-refractivity contribution in [2.24, 2.45) is 7.05 Å². The highest BCUT2D eigenvalue weighted by Crippen LogP contribution is 2.21. The number of benzene rings is 1. The fourth-order valence-electron chi connectivity index (χ4n) is 2.69. The second kappa shape index (κ2) is 7.00. The van der Waals surface area contributed by atoms with Crippen LogP contribution in [0.2, 0.25) is 5.02 Å². The maximum absolute atomic E-state index is 12.4. The van der Waals surface area contributed by atoms with E-state index in [1.165, 1.54) is 0 Å². The Morgan fingerprint density at radius 3 is 2.62 bits per heavy atom. The van der Waals surface area contributed by atoms with E-state index in [2.05, 4.69) is 15.3 Å². The van der Waals surface area contributed by atoms with Gasteiger partial charge >= 0.3 is 6.03 Å². The van der Waals surface area contributed by atoms with Crippen molar-refractivity contribution in [2.45, 2.75) is 0 Å². The quantitative estimate of drug-likeness (QED) is 0.924. The summed E-state index contributed by atoms with van der Waals surface area (Å²) in [7, 11) is 3.30. The van der Waals surface area contributed by atoms with Crippen LogP contribution in [-0.2, 0) is 7.05 Å². The first kappa shape index (κ1) is 16.4. The molecule has 0 unspecified atom stereocenters. The van der Waals surface area contributed by atoms with E-state index < -0.39 is 0 Å². The highest BCUT2D eigenvalue weighted by molar-refractivity contribution is 6.30. The van der Waals surface area contributed by atoms with E-state index in [-0.39, 0.29) is 6.03 Å². The number of nitrogens with zero attached hydrogens (tertiary/aromatic N) is 4. The van der Waals surface area contributed by atoms with Gasteiger partial charge in [-0.2, -0.15) is 0 Å². The van der Waals surface area contributed by atoms with E-state index in [0.29, 0.717) is 24.8 Å². The Morgan fingerprint density at radius 1 is 1.25 bits per heavy atom. The van der Waals surface area contributed by atoms with Gasteiger partial charge in [-0.15, -0.1) is 5.10 Å². The van der Waals surface area contributed by atoms with E-state index in [0.717, 1.165) is 23.8 Å². The molecule has 1 aliphatic rings. The van der Waals surface area contributed by atoms with Crippen LogP contribution < -0.4 is 15.0 Å². The number of methoxy groups -OCH3 is 1. The molecule has 1 fully saturated rings. The number of carbonyl (C=O) groups is 1. The lowest BCUT2D eigenvalue weighted by Gasteiger charge is -2.36. The monoisotopic (exact) mass is 349 g/mol. The minimum absolute atomic E-state index is 0.133. The number of aryl methyl sites for hydroxylation is 1. The van der Waals surface area contributed by atoms with Crippen molar-refractivity contribution in [2.75, 3.05) is 43.5 Å². The molecular formula is C16H20ClN5O2. The lowest BCUT2D eigenvalue weighted by atomic mass is 10.2. The van der Waals surface area contributed by atoms with Crippen LogP contribution in [0.1, 0.15) is 0 Å². The molecule has 3 rings (SSSR count). The number of aromatic nitrogens is 2. The fraction of sp³-hybridized carbons (Fsp3) is 0.375. The molecule has 1 aromatic carbocycles. The smallest absolute Gasteiger partial charge is 0.323 e. The van der Waals surface area contributed by atoms with Gasteiger partial charge in [-0.1, -0.05) is 17.7 Å². The number of anilines is 2. The summed E-state index contributed by atoms with van der Waals surface area (Å²) in [6, 6.07) is 9.33. The summed E-state index contributed by atoms with van der Waals surface area (Å²) in [5.41, 5.74) is 1.08. The van der Waals surface area contributed by atoms with Crippen LogP contribution in [0.25, 0.3) is 0 Å². The Morgan fingerprint density at radius 2 is 2.00 bits per heavy atom. The highest BCUT2D eigenvalue weighted by atomic mass is 35.5. The van der Waals surface area contributed by atoms with Crippen LogP contribution in [0, 0.1) is 0 Å². The molecule has 2 amide bonds. The van der Waals surface area contributed by atoms with Crippen LogP contribution >= 0.6 is 11.6 Å². The van der Waals surface area contributed by atoms with Crippen LogP contribution in [0.4, 0.5) is 16.3 Å². The minimum Gasteiger partial charge on any atom is -0.480 e. The molecule has 2 heterocycles. The highest BCUT2D eigenvalue weighted by Gasteiger charge is 2.22. The Kier molecular flexibility index (Phi) is 4.80. The Labute approximate surface area is 145 Å². The molecular weight excluding hydrogens is 330 g/mol. The number of ether oxygens (including phenoxy) is 1. The van der Waals surface area contributed by atoms with Crippen LogP contribution in [0.5, 0.6) is 5.88 Å². The predicted molar refractivity (Wildman–Crippen MR) is 94.0 cm³/mol. The topological polar surface area (TPSA) is 62.6 Å². The first-order chi connectivity index (χ1) is 11.6. The van der Waals surface area contributed by atoms with Gasteiger partial charge in [-0.25, -0.2) is 9.48 Å². The van der Waals surface area contributed by atoms with Crippen molar-refractivity contribution in [3.8, 4) is 5.88 Å². The summed E-state index contributed by atoms with van der Waals surface area (Å²) in [6.07, 6.45) is 0. The van der Waals surface area contributed by atoms with E-state index >= 15 is 0 Å². The van der Waals surface area contributed by atoms with Gasteiger partial charge in [0.15, 0.2) is 0 Å². The summed E-state index contributed by atoms with van der Waals surface area (Å²) in [5.74, 6) is 1.08. The Bertz CT molecular complexity index is 725. The molecule has 0 atom stereocenters. The van der Waals surface area contributed by atoms with Gasteiger partial charge in [-0.3, -0.25) is 5.32 Å². The van der Waals surface area contributed by atoms with Gasteiger partial charge in [0.1, 0.15) is 5.82 Å². The van der Waals surface area contributed by atoms with E-state index in [4.69, 9.17) is 16.3 Å². The van der Waals surface area contributed by atoms with Crippen molar-refractivity contribution in [3.63, 3.8) is 0 Å². The Hall–Kier alpha value is -2.41. The predicted octanol–water partition coefficient (Wildman–Crippen LogP) is 2.44. The number of hydrogen-bond donors (Lipinski definition) is 1. The zero-order valence-corrected chi connectivity index (χ0v) is 14.5. The average Bonchev–Trinajstić information content (AvgIpc) is 2.95. The average molecular weight is 350 g/mol. The molecule has 128 valence electrons. The molecule has 1 aliphatic heterocycles. The summed E-state index contributed by atoms with van der Waals surface area (Å²) in [4.78, 5) is 16.4. The number of amides is 2. The summed E-state index contributed by atoms with van der Waals surface area (Å²) in [5, 5.41) is 7.71. The standard InChI is InChI=1S/C16H20ClN5O2/c1-20-14(11-15(19-20)24-2)18-16(23)22-8-6-21(7-9-22)13-5-3-4-12(17)10-13/h3-5,10-11H,6-9H2,1-2H3,(H,18,23). The van der Waals surface area contributed by atoms with Crippen LogP contribution in [-0.4, -0.2) is 54.0 Å². The number of halogens is 1. The first-order valence-electron chi connectivity index (χ1n) is 7.71. The number of hydrogen-bond acceptors (Lipinski definition) is 4. The SMILES string of the molecule is COc1cc(NC(=O)N2CCN(c3cccc(Cl)c3)CC2)n(C)n1. The molecule has 0 aliphatic carbocycles. The molecule has 8 heteroatoms. The third-order valence-corrected chi connectivity index (χ3v) is 4.28. The molecule has 1 saturated heterocycles. The number of piperazine rings is 1. The first-order valence-corrected chi connectivity index (χ1v) is 8.09. The van der Waals surface area contributed by atoms with Crippen LogP contribution in [0.3, 0.4) is 0 Å². The maximum Gasteiger partial charge on any atom is 0.323 e. The van der Waals surface area contributed by atoms with Gasteiger partial charge in [0, 0.05) is 50.0 Å². The molecule has 1 N–H and O–H groups in total. The number of rotatable bonds is 3. The molecule has 0 bridgehead atoms. The van der Waals surface area contributed by atoms with E-state index in [1.807, 2.05) is 24.3 Å². The molecule has 0 radical (unpaired) electrons. The molecule has 1 aromatic heterocycles. The van der Waals surface area contributed by atoms with Gasteiger partial charge in [0.25, 0.3) is 0 Å². The van der Waals surface area contributed by atoms with E-state index in [1.54, 1.807) is 29.8 Å². The number of nitrogens with one attached hydrogen (secondary N) is 1. The van der Waals surface area contributed by atoms with Gasteiger partial charge < -0.3 is 14.5 Å².